The van der Waals surface area contributed by atoms with E-state index in [1.54, 1.807) is 6.08 Å². The summed E-state index contributed by atoms with van der Waals surface area (Å²) in [4.78, 5) is 13.0. The molecule has 0 aliphatic carbocycles. The topological polar surface area (TPSA) is 228 Å². The largest absolute Gasteiger partial charge is 0.394 e. The average Bonchev–Trinajstić information content (AvgIpc) is 3.19. The van der Waals surface area contributed by atoms with E-state index in [0.717, 1.165) is 44.9 Å². The van der Waals surface area contributed by atoms with Crippen LogP contribution in [0.4, 0.5) is 0 Å². The number of nitrogens with one attached hydrogen (secondary N) is 1. The first-order valence-electron chi connectivity index (χ1n) is 21.2. The maximum Gasteiger partial charge on any atom is 0.220 e. The number of hydrogen-bond donors (Lipinski definition) is 9. The lowest BCUT2D eigenvalue weighted by molar-refractivity contribution is -0.359. The molecule has 12 unspecified atom stereocenters. The molecule has 9 N–H and O–H groups in total. The van der Waals surface area contributed by atoms with Crippen molar-refractivity contribution in [2.75, 3.05) is 19.8 Å². The lowest BCUT2D eigenvalue weighted by Crippen LogP contribution is -2.65. The van der Waals surface area contributed by atoms with Gasteiger partial charge in [-0.1, -0.05) is 115 Å². The van der Waals surface area contributed by atoms with Gasteiger partial charge < -0.3 is 65.1 Å². The highest BCUT2D eigenvalue weighted by atomic mass is 16.7. The van der Waals surface area contributed by atoms with Crippen molar-refractivity contribution in [3.8, 4) is 0 Å². The molecule has 2 fully saturated rings. The minimum absolute atomic E-state index is 0.263. The molecule has 0 bridgehead atoms. The average molecular weight is 802 g/mol. The Morgan fingerprint density at radius 2 is 1.14 bits per heavy atom. The Bertz CT molecular complexity index is 1090. The number of hydrogen-bond acceptors (Lipinski definition) is 13. The maximum atomic E-state index is 13.0. The SMILES string of the molecule is CCCCCC/C=C/CC/C=C/CC/C=C/C(O)C(COC1OC(CO)C(OC2OC(CO)C(O)C(O)C2O)C(O)C1O)NC(=O)CCCCCCCCCC. The second-order valence-corrected chi connectivity index (χ2v) is 15.1. The van der Waals surface area contributed by atoms with Gasteiger partial charge in [-0.15, -0.1) is 0 Å². The molecule has 2 saturated heterocycles. The summed E-state index contributed by atoms with van der Waals surface area (Å²) < 4.78 is 22.5. The fraction of sp³-hybridized carbons (Fsp3) is 0.833. The van der Waals surface area contributed by atoms with Gasteiger partial charge in [0.15, 0.2) is 12.6 Å². The molecule has 1 amide bonds. The molecule has 14 heteroatoms. The van der Waals surface area contributed by atoms with Crippen LogP contribution in [0.1, 0.15) is 129 Å². The summed E-state index contributed by atoms with van der Waals surface area (Å²) in [7, 11) is 0. The molecule has 2 rings (SSSR count). The van der Waals surface area contributed by atoms with Crippen LogP contribution in [0, 0.1) is 0 Å². The van der Waals surface area contributed by atoms with Gasteiger partial charge in [0.05, 0.1) is 32.0 Å². The third-order valence-electron chi connectivity index (χ3n) is 10.3. The first-order valence-corrected chi connectivity index (χ1v) is 21.2. The van der Waals surface area contributed by atoms with Crippen LogP contribution in [0.15, 0.2) is 36.5 Å². The highest BCUT2D eigenvalue weighted by molar-refractivity contribution is 5.76. The molecule has 0 aromatic rings. The van der Waals surface area contributed by atoms with Crippen LogP contribution in [0.25, 0.3) is 0 Å². The summed E-state index contributed by atoms with van der Waals surface area (Å²) in [5, 5.41) is 86.1. The summed E-state index contributed by atoms with van der Waals surface area (Å²) in [6.07, 6.45) is 13.6. The smallest absolute Gasteiger partial charge is 0.220 e. The monoisotopic (exact) mass is 802 g/mol. The van der Waals surface area contributed by atoms with Gasteiger partial charge >= 0.3 is 0 Å². The number of carbonyl (C=O) groups excluding carboxylic acids is 1. The van der Waals surface area contributed by atoms with E-state index in [-0.39, 0.29) is 18.9 Å². The Morgan fingerprint density at radius 1 is 0.625 bits per heavy atom. The highest BCUT2D eigenvalue weighted by Gasteiger charge is 2.50. The summed E-state index contributed by atoms with van der Waals surface area (Å²) >= 11 is 0. The van der Waals surface area contributed by atoms with Gasteiger partial charge in [0.25, 0.3) is 0 Å². The van der Waals surface area contributed by atoms with E-state index in [1.807, 2.05) is 6.08 Å². The molecule has 0 aromatic heterocycles. The molecule has 0 saturated carbocycles. The maximum absolute atomic E-state index is 13.0. The van der Waals surface area contributed by atoms with Gasteiger partial charge in [0, 0.05) is 6.42 Å². The minimum Gasteiger partial charge on any atom is -0.394 e. The van der Waals surface area contributed by atoms with E-state index in [4.69, 9.17) is 18.9 Å². The van der Waals surface area contributed by atoms with Crippen LogP contribution in [-0.4, -0.2) is 140 Å². The Hall–Kier alpha value is -1.79. The number of unbranched alkanes of at least 4 members (excludes halogenated alkanes) is 13. The standard InChI is InChI=1S/C42H75NO13/c1-3-5-7-9-11-13-14-15-16-17-18-19-21-23-25-31(46)30(43-34(47)26-24-22-20-12-10-8-6-4-2)29-53-41-39(52)37(50)40(33(28-45)55-41)56-42-38(51)36(49)35(48)32(27-44)54-42/h13-14,17-18,23,25,30-33,35-42,44-46,48-52H,3-12,15-16,19-22,24,26-29H2,1-2H3,(H,43,47)/b14-13+,18-17+,25-23+. The Labute approximate surface area is 334 Å². The van der Waals surface area contributed by atoms with Crippen LogP contribution in [-0.2, 0) is 23.7 Å². The molecule has 2 heterocycles. The Morgan fingerprint density at radius 3 is 1.75 bits per heavy atom. The number of amides is 1. The molecule has 12 atom stereocenters. The van der Waals surface area contributed by atoms with Crippen molar-refractivity contribution in [3.05, 3.63) is 36.5 Å². The summed E-state index contributed by atoms with van der Waals surface area (Å²) in [5.74, 6) is -0.263. The van der Waals surface area contributed by atoms with E-state index in [9.17, 15) is 45.6 Å². The molecule has 0 radical (unpaired) electrons. The molecular formula is C42H75NO13. The summed E-state index contributed by atoms with van der Waals surface area (Å²) in [6.45, 7) is 2.65. The van der Waals surface area contributed by atoms with Gasteiger partial charge in [-0.05, 0) is 44.9 Å². The van der Waals surface area contributed by atoms with E-state index < -0.39 is 86.8 Å². The zero-order valence-electron chi connectivity index (χ0n) is 33.9. The van der Waals surface area contributed by atoms with Crippen LogP contribution in [0.5, 0.6) is 0 Å². The van der Waals surface area contributed by atoms with Crippen LogP contribution in [0.3, 0.4) is 0 Å². The number of aliphatic hydroxyl groups is 8. The van der Waals surface area contributed by atoms with E-state index >= 15 is 0 Å². The van der Waals surface area contributed by atoms with Crippen molar-refractivity contribution in [2.24, 2.45) is 0 Å². The van der Waals surface area contributed by atoms with Gasteiger partial charge in [0.2, 0.25) is 5.91 Å². The zero-order valence-corrected chi connectivity index (χ0v) is 33.9. The van der Waals surface area contributed by atoms with Crippen LogP contribution >= 0.6 is 0 Å². The Kier molecular flexibility index (Phi) is 27.2. The predicted molar refractivity (Wildman–Crippen MR) is 212 cm³/mol. The second kappa shape index (κ2) is 30.3. The fourth-order valence-corrected chi connectivity index (χ4v) is 6.73. The van der Waals surface area contributed by atoms with E-state index in [1.165, 1.54) is 51.4 Å². The molecule has 0 aromatic carbocycles. The summed E-state index contributed by atoms with van der Waals surface area (Å²) in [6, 6.07) is -0.930. The van der Waals surface area contributed by atoms with E-state index in [0.29, 0.717) is 12.8 Å². The lowest BCUT2D eigenvalue weighted by Gasteiger charge is -2.46. The number of carbonyl (C=O) groups is 1. The lowest BCUT2D eigenvalue weighted by atomic mass is 9.97. The van der Waals surface area contributed by atoms with Crippen LogP contribution in [0.2, 0.25) is 0 Å². The van der Waals surface area contributed by atoms with Crippen molar-refractivity contribution >= 4 is 5.91 Å². The van der Waals surface area contributed by atoms with Crippen LogP contribution < -0.4 is 5.32 Å². The van der Waals surface area contributed by atoms with Gasteiger partial charge in [-0.3, -0.25) is 4.79 Å². The first kappa shape index (κ1) is 50.4. The second-order valence-electron chi connectivity index (χ2n) is 15.1. The third kappa shape index (κ3) is 18.9. The minimum atomic E-state index is -1.79. The fourth-order valence-electron chi connectivity index (χ4n) is 6.73. The van der Waals surface area contributed by atoms with Gasteiger partial charge in [-0.25, -0.2) is 0 Å². The van der Waals surface area contributed by atoms with E-state index in [2.05, 4.69) is 43.5 Å². The van der Waals surface area contributed by atoms with Gasteiger partial charge in [-0.2, -0.15) is 0 Å². The normalized spacial score (nSPS) is 29.8. The predicted octanol–water partition coefficient (Wildman–Crippen LogP) is 3.20. The van der Waals surface area contributed by atoms with Crippen molar-refractivity contribution in [1.82, 2.24) is 5.32 Å². The number of aliphatic hydroxyl groups excluding tert-OH is 8. The Balaban J connectivity index is 1.96. The molecule has 0 spiro atoms. The molecule has 2 aliphatic rings. The number of rotatable bonds is 30. The first-order chi connectivity index (χ1) is 27.1. The van der Waals surface area contributed by atoms with Gasteiger partial charge in [0.1, 0.15) is 48.8 Å². The quantitative estimate of drug-likeness (QED) is 0.0376. The number of ether oxygens (including phenoxy) is 4. The molecule has 56 heavy (non-hydrogen) atoms. The zero-order chi connectivity index (χ0) is 41.1. The van der Waals surface area contributed by atoms with Crippen molar-refractivity contribution < 1.29 is 64.6 Å². The third-order valence-corrected chi connectivity index (χ3v) is 10.3. The van der Waals surface area contributed by atoms with Crippen molar-refractivity contribution in [3.63, 3.8) is 0 Å². The molecule has 326 valence electrons. The highest BCUT2D eigenvalue weighted by Crippen LogP contribution is 2.29. The van der Waals surface area contributed by atoms with Crippen molar-refractivity contribution in [2.45, 2.75) is 203 Å². The molecule has 14 nitrogen and oxygen atoms in total. The summed E-state index contributed by atoms with van der Waals surface area (Å²) in [5.41, 5.74) is 0. The van der Waals surface area contributed by atoms with Crippen molar-refractivity contribution in [1.29, 1.82) is 0 Å². The molecule has 2 aliphatic heterocycles. The number of allylic oxidation sites excluding steroid dienone is 5. The molecular weight excluding hydrogens is 726 g/mol.